The van der Waals surface area contributed by atoms with E-state index in [1.807, 2.05) is 6.20 Å². The molecule has 130 valence electrons. The number of aryl methyl sites for hydroxylation is 1. The number of hydrogen-bond acceptors (Lipinski definition) is 2. The van der Waals surface area contributed by atoms with Gasteiger partial charge in [-0.05, 0) is 36.6 Å². The molecule has 4 nitrogen and oxygen atoms in total. The van der Waals surface area contributed by atoms with Gasteiger partial charge in [-0.3, -0.25) is 10.00 Å². The molecule has 0 fully saturated rings. The van der Waals surface area contributed by atoms with Crippen LogP contribution in [0.25, 0.3) is 10.9 Å². The smallest absolute Gasteiger partial charge is 0.0760 e. The zero-order valence-corrected chi connectivity index (χ0v) is 14.9. The van der Waals surface area contributed by atoms with Gasteiger partial charge in [-0.15, -0.1) is 0 Å². The molecule has 0 amide bonds. The highest BCUT2D eigenvalue weighted by atomic mass is 15.2. The molecule has 4 aromatic rings. The maximum absolute atomic E-state index is 4.12. The molecule has 5 rings (SSSR count). The Bertz CT molecular complexity index is 1050. The molecule has 1 aliphatic heterocycles. The molecular formula is C22H22N4. The summed E-state index contributed by atoms with van der Waals surface area (Å²) in [5.74, 6) is 0. The first-order chi connectivity index (χ1) is 12.8. The van der Waals surface area contributed by atoms with Gasteiger partial charge in [-0.1, -0.05) is 48.0 Å². The fourth-order valence-electron chi connectivity index (χ4n) is 4.27. The number of aromatic nitrogens is 3. The van der Waals surface area contributed by atoms with Crippen LogP contribution in [0.2, 0.25) is 0 Å². The van der Waals surface area contributed by atoms with Crippen molar-refractivity contribution in [2.75, 3.05) is 6.54 Å². The van der Waals surface area contributed by atoms with Crippen molar-refractivity contribution in [3.63, 3.8) is 0 Å². The van der Waals surface area contributed by atoms with Gasteiger partial charge in [0.25, 0.3) is 0 Å². The summed E-state index contributed by atoms with van der Waals surface area (Å²) < 4.78 is 0. The van der Waals surface area contributed by atoms with Crippen LogP contribution >= 0.6 is 0 Å². The van der Waals surface area contributed by atoms with Crippen molar-refractivity contribution in [1.82, 2.24) is 20.1 Å². The van der Waals surface area contributed by atoms with Crippen LogP contribution in [0.4, 0.5) is 0 Å². The number of nitrogens with zero attached hydrogens (tertiary/aromatic N) is 2. The van der Waals surface area contributed by atoms with Crippen LogP contribution < -0.4 is 0 Å². The van der Waals surface area contributed by atoms with E-state index in [0.717, 1.165) is 25.2 Å². The fourth-order valence-corrected chi connectivity index (χ4v) is 4.27. The molecule has 4 heteroatoms. The molecular weight excluding hydrogens is 320 g/mol. The van der Waals surface area contributed by atoms with Crippen molar-refractivity contribution in [2.24, 2.45) is 0 Å². The quantitative estimate of drug-likeness (QED) is 0.581. The fraction of sp³-hybridized carbons (Fsp3) is 0.227. The van der Waals surface area contributed by atoms with Gasteiger partial charge in [0.1, 0.15) is 0 Å². The van der Waals surface area contributed by atoms with Crippen LogP contribution in [0, 0.1) is 6.92 Å². The second-order valence-corrected chi connectivity index (χ2v) is 7.18. The number of rotatable bonds is 3. The summed E-state index contributed by atoms with van der Waals surface area (Å²) in [5.41, 5.74) is 7.83. The SMILES string of the molecule is Cc1cccc([C@H]2c3[nH]c4ccccc4c3CCN2Cc2ccn[nH]2)c1. The second-order valence-electron chi connectivity index (χ2n) is 7.18. The first-order valence-electron chi connectivity index (χ1n) is 9.18. The van der Waals surface area contributed by atoms with E-state index in [1.54, 1.807) is 0 Å². The number of H-pyrrole nitrogens is 2. The Kier molecular flexibility index (Phi) is 3.64. The van der Waals surface area contributed by atoms with Gasteiger partial charge in [-0.25, -0.2) is 0 Å². The highest BCUT2D eigenvalue weighted by molar-refractivity contribution is 5.85. The lowest BCUT2D eigenvalue weighted by Gasteiger charge is -2.36. The standard InChI is InChI=1S/C22H22N4/c1-15-5-4-6-16(13-15)22-21-19(18-7-2-3-8-20(18)24-21)10-12-26(22)14-17-9-11-23-25-17/h2-9,11,13,22,24H,10,12,14H2,1H3,(H,23,25)/t22-/m0/s1. The Labute approximate surface area is 152 Å². The van der Waals surface area contributed by atoms with Gasteiger partial charge in [0.15, 0.2) is 0 Å². The van der Waals surface area contributed by atoms with Crippen LogP contribution in [0.1, 0.15) is 34.1 Å². The van der Waals surface area contributed by atoms with Crippen LogP contribution in [0.3, 0.4) is 0 Å². The summed E-state index contributed by atoms with van der Waals surface area (Å²) >= 11 is 0. The summed E-state index contributed by atoms with van der Waals surface area (Å²) in [7, 11) is 0. The summed E-state index contributed by atoms with van der Waals surface area (Å²) in [4.78, 5) is 6.27. The zero-order chi connectivity index (χ0) is 17.5. The molecule has 0 bridgehead atoms. The van der Waals surface area contributed by atoms with E-state index < -0.39 is 0 Å². The molecule has 3 heterocycles. The van der Waals surface area contributed by atoms with Gasteiger partial charge in [-0.2, -0.15) is 5.10 Å². The predicted molar refractivity (Wildman–Crippen MR) is 104 cm³/mol. The van der Waals surface area contributed by atoms with Crippen molar-refractivity contribution in [3.05, 3.63) is 88.9 Å². The monoisotopic (exact) mass is 342 g/mol. The van der Waals surface area contributed by atoms with E-state index in [0.29, 0.717) is 0 Å². The number of nitrogens with one attached hydrogen (secondary N) is 2. The Morgan fingerprint density at radius 3 is 2.88 bits per heavy atom. The van der Waals surface area contributed by atoms with E-state index in [4.69, 9.17) is 0 Å². The molecule has 2 aromatic heterocycles. The molecule has 0 saturated carbocycles. The van der Waals surface area contributed by atoms with E-state index in [-0.39, 0.29) is 6.04 Å². The average molecular weight is 342 g/mol. The summed E-state index contributed by atoms with van der Waals surface area (Å²) in [6.07, 6.45) is 2.89. The lowest BCUT2D eigenvalue weighted by molar-refractivity contribution is 0.199. The Balaban J connectivity index is 1.65. The van der Waals surface area contributed by atoms with E-state index in [9.17, 15) is 0 Å². The van der Waals surface area contributed by atoms with Crippen molar-refractivity contribution in [3.8, 4) is 0 Å². The van der Waals surface area contributed by atoms with Gasteiger partial charge in [0, 0.05) is 41.6 Å². The highest BCUT2D eigenvalue weighted by Crippen LogP contribution is 2.39. The van der Waals surface area contributed by atoms with Crippen LogP contribution in [0.5, 0.6) is 0 Å². The Morgan fingerprint density at radius 2 is 2.04 bits per heavy atom. The van der Waals surface area contributed by atoms with Crippen molar-refractivity contribution in [1.29, 1.82) is 0 Å². The minimum Gasteiger partial charge on any atom is -0.357 e. The topological polar surface area (TPSA) is 47.7 Å². The second kappa shape index (κ2) is 6.15. The van der Waals surface area contributed by atoms with Gasteiger partial charge in [0.05, 0.1) is 6.04 Å². The normalized spacial score (nSPS) is 17.5. The zero-order valence-electron chi connectivity index (χ0n) is 14.9. The minimum absolute atomic E-state index is 0.231. The summed E-state index contributed by atoms with van der Waals surface area (Å²) in [5, 5.41) is 8.60. The lowest BCUT2D eigenvalue weighted by atomic mass is 9.91. The number of para-hydroxylation sites is 1. The summed E-state index contributed by atoms with van der Waals surface area (Å²) in [6.45, 7) is 4.07. The maximum atomic E-state index is 4.12. The molecule has 0 unspecified atom stereocenters. The Morgan fingerprint density at radius 1 is 1.12 bits per heavy atom. The van der Waals surface area contributed by atoms with Crippen molar-refractivity contribution >= 4 is 10.9 Å². The average Bonchev–Trinajstić information content (AvgIpc) is 3.28. The number of fused-ring (bicyclic) bond motifs is 3. The highest BCUT2D eigenvalue weighted by Gasteiger charge is 2.31. The molecule has 0 saturated heterocycles. The third-order valence-electron chi connectivity index (χ3n) is 5.42. The van der Waals surface area contributed by atoms with Gasteiger partial charge >= 0.3 is 0 Å². The molecule has 0 spiro atoms. The number of benzene rings is 2. The van der Waals surface area contributed by atoms with E-state index in [2.05, 4.69) is 81.6 Å². The molecule has 0 radical (unpaired) electrons. The first kappa shape index (κ1) is 15.4. The molecule has 2 aromatic carbocycles. The van der Waals surface area contributed by atoms with Crippen molar-refractivity contribution in [2.45, 2.75) is 25.9 Å². The van der Waals surface area contributed by atoms with Crippen LogP contribution in [0.15, 0.2) is 60.8 Å². The lowest BCUT2D eigenvalue weighted by Crippen LogP contribution is -2.35. The predicted octanol–water partition coefficient (Wildman–Crippen LogP) is 4.35. The largest absolute Gasteiger partial charge is 0.357 e. The summed E-state index contributed by atoms with van der Waals surface area (Å²) in [6, 6.07) is 19.8. The first-order valence-corrected chi connectivity index (χ1v) is 9.18. The maximum Gasteiger partial charge on any atom is 0.0760 e. The van der Waals surface area contributed by atoms with Crippen LogP contribution in [-0.4, -0.2) is 26.6 Å². The van der Waals surface area contributed by atoms with Gasteiger partial charge in [0.2, 0.25) is 0 Å². The van der Waals surface area contributed by atoms with E-state index >= 15 is 0 Å². The van der Waals surface area contributed by atoms with Crippen LogP contribution in [-0.2, 0) is 13.0 Å². The molecule has 2 N–H and O–H groups in total. The molecule has 1 atom stereocenters. The molecule has 1 aliphatic rings. The molecule has 0 aliphatic carbocycles. The molecule has 26 heavy (non-hydrogen) atoms. The van der Waals surface area contributed by atoms with Crippen molar-refractivity contribution < 1.29 is 0 Å². The minimum atomic E-state index is 0.231. The Hall–Kier alpha value is -2.85. The number of hydrogen-bond donors (Lipinski definition) is 2. The number of aromatic amines is 2. The third kappa shape index (κ3) is 2.54. The van der Waals surface area contributed by atoms with E-state index in [1.165, 1.54) is 33.3 Å². The third-order valence-corrected chi connectivity index (χ3v) is 5.42. The van der Waals surface area contributed by atoms with Gasteiger partial charge < -0.3 is 4.98 Å².